The van der Waals surface area contributed by atoms with Crippen LogP contribution < -0.4 is 15.6 Å². The molecule has 2 aromatic heterocycles. The summed E-state index contributed by atoms with van der Waals surface area (Å²) in [5.74, 6) is -0.312. The highest BCUT2D eigenvalue weighted by molar-refractivity contribution is 7.89. The maximum atomic E-state index is 14.0. The van der Waals surface area contributed by atoms with Gasteiger partial charge in [0.1, 0.15) is 16.2 Å². The molecule has 0 atom stereocenters. The number of halogens is 1. The lowest BCUT2D eigenvalue weighted by molar-refractivity contribution is 0.568. The highest BCUT2D eigenvalue weighted by atomic mass is 32.2. The summed E-state index contributed by atoms with van der Waals surface area (Å²) in [6, 6.07) is 13.2. The van der Waals surface area contributed by atoms with E-state index in [4.69, 9.17) is 10.3 Å². The molecule has 0 bridgehead atoms. The van der Waals surface area contributed by atoms with Gasteiger partial charge in [0.25, 0.3) is 0 Å². The molecule has 1 saturated carbocycles. The van der Waals surface area contributed by atoms with Crippen molar-refractivity contribution in [2.24, 2.45) is 10.3 Å². The monoisotopic (exact) mass is 528 g/mol. The highest BCUT2D eigenvalue weighted by Crippen LogP contribution is 2.42. The van der Waals surface area contributed by atoms with Crippen molar-refractivity contribution in [3.05, 3.63) is 71.7 Å². The zero-order valence-electron chi connectivity index (χ0n) is 18.7. The Morgan fingerprint density at radius 1 is 0.889 bits per heavy atom. The molecule has 0 saturated heterocycles. The van der Waals surface area contributed by atoms with Gasteiger partial charge in [-0.25, -0.2) is 46.5 Å². The molecule has 2 heterocycles. The van der Waals surface area contributed by atoms with Gasteiger partial charge < -0.3 is 5.32 Å². The fraction of sp³-hybridized carbons (Fsp3) is 0.174. The molecule has 4 aromatic rings. The molecule has 10 nitrogen and oxygen atoms in total. The summed E-state index contributed by atoms with van der Waals surface area (Å²) < 4.78 is 60.3. The van der Waals surface area contributed by atoms with Crippen LogP contribution in [0, 0.1) is 5.82 Å². The molecular weight excluding hydrogens is 507 g/mol. The van der Waals surface area contributed by atoms with Gasteiger partial charge in [-0.05, 0) is 60.9 Å². The van der Waals surface area contributed by atoms with Crippen LogP contribution in [-0.2, 0) is 26.6 Å². The van der Waals surface area contributed by atoms with E-state index in [1.54, 1.807) is 24.3 Å². The quantitative estimate of drug-likeness (QED) is 0.328. The van der Waals surface area contributed by atoms with Gasteiger partial charge >= 0.3 is 0 Å². The smallest absolute Gasteiger partial charge is 0.240 e. The van der Waals surface area contributed by atoms with E-state index in [0.29, 0.717) is 34.8 Å². The van der Waals surface area contributed by atoms with E-state index in [9.17, 15) is 21.2 Å². The van der Waals surface area contributed by atoms with Gasteiger partial charge in [0.2, 0.25) is 26.0 Å². The van der Waals surface area contributed by atoms with E-state index in [1.807, 2.05) is 0 Å². The van der Waals surface area contributed by atoms with Gasteiger partial charge in [0, 0.05) is 18.0 Å². The standard InChI is InChI=1S/C23H21FN6O4S2/c24-17-8-5-15(11-20(17)36(26,33)34)18-9-10-19-22(28-18)21(14-3-4-14)30-23(29-19)27-12-13-1-6-16(7-2-13)35(25,31)32/h1-2,5-11,14H,3-4,12H2,(H2,25,31,32)(H2,26,33,34)(H,27,29,30). The topological polar surface area (TPSA) is 171 Å². The maximum absolute atomic E-state index is 14.0. The van der Waals surface area contributed by atoms with E-state index in [0.717, 1.165) is 36.2 Å². The number of rotatable bonds is 7. The number of sulfonamides is 2. The van der Waals surface area contributed by atoms with Crippen LogP contribution in [0.4, 0.5) is 10.3 Å². The lowest BCUT2D eigenvalue weighted by Gasteiger charge is -2.11. The molecule has 0 aliphatic heterocycles. The molecule has 1 fully saturated rings. The SMILES string of the molecule is NS(=O)(=O)c1ccc(CNc2nc(C3CC3)c3nc(-c4ccc(F)c(S(N)(=O)=O)c4)ccc3n2)cc1. The molecule has 0 amide bonds. The number of nitrogens with two attached hydrogens (primary N) is 2. The summed E-state index contributed by atoms with van der Waals surface area (Å²) in [6.45, 7) is 0.359. The highest BCUT2D eigenvalue weighted by Gasteiger charge is 2.29. The number of anilines is 1. The van der Waals surface area contributed by atoms with Gasteiger partial charge in [-0.2, -0.15) is 0 Å². The first-order valence-electron chi connectivity index (χ1n) is 10.9. The van der Waals surface area contributed by atoms with Crippen LogP contribution in [0.5, 0.6) is 0 Å². The Morgan fingerprint density at radius 2 is 1.61 bits per heavy atom. The molecule has 1 aliphatic carbocycles. The van der Waals surface area contributed by atoms with Crippen molar-refractivity contribution >= 4 is 37.0 Å². The number of fused-ring (bicyclic) bond motifs is 1. The number of hydrogen-bond donors (Lipinski definition) is 3. The molecule has 0 unspecified atom stereocenters. The fourth-order valence-corrected chi connectivity index (χ4v) is 4.92. The second kappa shape index (κ2) is 8.85. The van der Waals surface area contributed by atoms with Crippen molar-refractivity contribution in [2.75, 3.05) is 5.32 Å². The Labute approximate surface area is 206 Å². The van der Waals surface area contributed by atoms with Crippen LogP contribution in [-0.4, -0.2) is 31.8 Å². The number of benzene rings is 2. The van der Waals surface area contributed by atoms with Crippen molar-refractivity contribution in [3.63, 3.8) is 0 Å². The lowest BCUT2D eigenvalue weighted by atomic mass is 10.1. The first-order chi connectivity index (χ1) is 17.0. The van der Waals surface area contributed by atoms with Crippen LogP contribution >= 0.6 is 0 Å². The number of hydrogen-bond acceptors (Lipinski definition) is 8. The third-order valence-electron chi connectivity index (χ3n) is 5.77. The predicted octanol–water partition coefficient (Wildman–Crippen LogP) is 2.62. The average Bonchev–Trinajstić information content (AvgIpc) is 3.67. The van der Waals surface area contributed by atoms with E-state index in [1.165, 1.54) is 18.2 Å². The largest absolute Gasteiger partial charge is 0.350 e. The number of aromatic nitrogens is 3. The maximum Gasteiger partial charge on any atom is 0.240 e. The van der Waals surface area contributed by atoms with Gasteiger partial charge in [0.15, 0.2) is 0 Å². The van der Waals surface area contributed by atoms with Crippen molar-refractivity contribution in [1.29, 1.82) is 0 Å². The van der Waals surface area contributed by atoms with Gasteiger partial charge in [-0.15, -0.1) is 0 Å². The molecule has 5 rings (SSSR count). The van der Waals surface area contributed by atoms with E-state index < -0.39 is 30.8 Å². The third-order valence-corrected chi connectivity index (χ3v) is 7.62. The first kappa shape index (κ1) is 24.2. The summed E-state index contributed by atoms with van der Waals surface area (Å²) in [5, 5.41) is 13.4. The minimum absolute atomic E-state index is 0.0310. The van der Waals surface area contributed by atoms with E-state index in [2.05, 4.69) is 20.3 Å². The molecular formula is C23H21FN6O4S2. The van der Waals surface area contributed by atoms with Crippen LogP contribution in [0.25, 0.3) is 22.3 Å². The minimum atomic E-state index is -4.23. The van der Waals surface area contributed by atoms with Gasteiger partial charge in [-0.3, -0.25) is 0 Å². The Balaban J connectivity index is 1.46. The fourth-order valence-electron chi connectivity index (χ4n) is 3.78. The Bertz CT molecular complexity index is 1710. The normalized spacial score (nSPS) is 14.2. The Hall–Kier alpha value is -3.52. The molecule has 0 radical (unpaired) electrons. The summed E-state index contributed by atoms with van der Waals surface area (Å²) in [7, 11) is -8.00. The van der Waals surface area contributed by atoms with Gasteiger partial charge in [-0.1, -0.05) is 12.1 Å². The Morgan fingerprint density at radius 3 is 2.25 bits per heavy atom. The van der Waals surface area contributed by atoms with Crippen LogP contribution in [0.2, 0.25) is 0 Å². The summed E-state index contributed by atoms with van der Waals surface area (Å²) in [5.41, 5.74) is 3.59. The minimum Gasteiger partial charge on any atom is -0.350 e. The van der Waals surface area contributed by atoms with Crippen molar-refractivity contribution in [1.82, 2.24) is 15.0 Å². The Kier molecular flexibility index (Phi) is 5.95. The van der Waals surface area contributed by atoms with Crippen LogP contribution in [0.15, 0.2) is 64.4 Å². The molecule has 36 heavy (non-hydrogen) atoms. The zero-order valence-corrected chi connectivity index (χ0v) is 20.4. The molecule has 13 heteroatoms. The molecule has 2 aromatic carbocycles. The van der Waals surface area contributed by atoms with Crippen molar-refractivity contribution < 1.29 is 21.2 Å². The van der Waals surface area contributed by atoms with Crippen LogP contribution in [0.1, 0.15) is 30.0 Å². The molecule has 0 spiro atoms. The van der Waals surface area contributed by atoms with Crippen molar-refractivity contribution in [3.8, 4) is 11.3 Å². The van der Waals surface area contributed by atoms with E-state index in [-0.39, 0.29) is 10.8 Å². The number of primary sulfonamides is 2. The number of nitrogens with zero attached hydrogens (tertiary/aromatic N) is 3. The first-order valence-corrected chi connectivity index (χ1v) is 14.0. The van der Waals surface area contributed by atoms with Crippen molar-refractivity contribution in [2.45, 2.75) is 35.1 Å². The molecule has 5 N–H and O–H groups in total. The molecule has 1 aliphatic rings. The second-order valence-corrected chi connectivity index (χ2v) is 11.6. The number of nitrogens with one attached hydrogen (secondary N) is 1. The summed E-state index contributed by atoms with van der Waals surface area (Å²) in [6.07, 6.45) is 1.91. The summed E-state index contributed by atoms with van der Waals surface area (Å²) in [4.78, 5) is 13.3. The van der Waals surface area contributed by atoms with Gasteiger partial charge in [0.05, 0.1) is 21.8 Å². The lowest BCUT2D eigenvalue weighted by Crippen LogP contribution is -2.14. The second-order valence-electron chi connectivity index (χ2n) is 8.50. The third kappa shape index (κ3) is 5.04. The zero-order chi connectivity index (χ0) is 25.7. The number of pyridine rings is 1. The summed E-state index contributed by atoms with van der Waals surface area (Å²) >= 11 is 0. The average molecular weight is 529 g/mol. The van der Waals surface area contributed by atoms with Crippen LogP contribution in [0.3, 0.4) is 0 Å². The van der Waals surface area contributed by atoms with E-state index >= 15 is 0 Å². The predicted molar refractivity (Wildman–Crippen MR) is 131 cm³/mol. The molecule has 186 valence electrons.